The van der Waals surface area contributed by atoms with Crippen molar-refractivity contribution in [1.29, 1.82) is 5.26 Å². The van der Waals surface area contributed by atoms with Crippen LogP contribution in [-0.2, 0) is 4.74 Å². The van der Waals surface area contributed by atoms with Gasteiger partial charge in [0.2, 0.25) is 0 Å². The van der Waals surface area contributed by atoms with E-state index in [9.17, 15) is 5.26 Å². The summed E-state index contributed by atoms with van der Waals surface area (Å²) >= 11 is 0. The molecule has 1 saturated heterocycles. The smallest absolute Gasteiger partial charge is 0.0760 e. The van der Waals surface area contributed by atoms with E-state index in [1.165, 1.54) is 19.3 Å². The summed E-state index contributed by atoms with van der Waals surface area (Å²) in [6.45, 7) is 12.8. The van der Waals surface area contributed by atoms with Crippen molar-refractivity contribution in [2.45, 2.75) is 77.5 Å². The minimum Gasteiger partial charge on any atom is -0.367 e. The summed E-state index contributed by atoms with van der Waals surface area (Å²) in [5, 5.41) is 9.50. The molecule has 3 heteroatoms. The maximum absolute atomic E-state index is 9.50. The minimum atomic E-state index is -0.124. The maximum Gasteiger partial charge on any atom is 0.0760 e. The Labute approximate surface area is 124 Å². The van der Waals surface area contributed by atoms with Gasteiger partial charge in [-0.25, -0.2) is 0 Å². The van der Waals surface area contributed by atoms with Crippen molar-refractivity contribution in [2.24, 2.45) is 11.8 Å². The largest absolute Gasteiger partial charge is 0.367 e. The number of morpholine rings is 1. The molecule has 0 aromatic rings. The second-order valence-electron chi connectivity index (χ2n) is 7.92. The number of nitriles is 1. The van der Waals surface area contributed by atoms with Crippen LogP contribution >= 0.6 is 0 Å². The van der Waals surface area contributed by atoms with Crippen molar-refractivity contribution in [3.63, 3.8) is 0 Å². The summed E-state index contributed by atoms with van der Waals surface area (Å²) in [6.07, 6.45) is 4.72. The Hall–Kier alpha value is -0.590. The third-order valence-electron chi connectivity index (χ3n) is 4.86. The fourth-order valence-corrected chi connectivity index (χ4v) is 4.24. The van der Waals surface area contributed by atoms with Gasteiger partial charge in [0.25, 0.3) is 0 Å². The van der Waals surface area contributed by atoms with E-state index in [1.807, 2.05) is 0 Å². The summed E-state index contributed by atoms with van der Waals surface area (Å²) in [4.78, 5) is 2.54. The molecule has 2 fully saturated rings. The SMILES string of the molecule is CCC1CCC(C#N)C(N2CC(C)(C)OC(C)(C)C2)C1. The molecule has 3 atom stereocenters. The predicted molar refractivity (Wildman–Crippen MR) is 81.3 cm³/mol. The Balaban J connectivity index is 2.16. The van der Waals surface area contributed by atoms with Crippen LogP contribution in [0.1, 0.15) is 60.3 Å². The summed E-state index contributed by atoms with van der Waals surface area (Å²) in [5.41, 5.74) is -0.248. The standard InChI is InChI=1S/C17H30N2O/c1-6-13-7-8-14(10-18)15(9-13)19-11-16(2,3)20-17(4,5)12-19/h13-15H,6-9,11-12H2,1-5H3. The lowest BCUT2D eigenvalue weighted by Crippen LogP contribution is -2.61. The minimum absolute atomic E-state index is 0.124. The van der Waals surface area contributed by atoms with Crippen molar-refractivity contribution >= 4 is 0 Å². The molecule has 1 aliphatic carbocycles. The monoisotopic (exact) mass is 278 g/mol. The van der Waals surface area contributed by atoms with Crippen LogP contribution in [0.3, 0.4) is 0 Å². The van der Waals surface area contributed by atoms with Crippen LogP contribution in [0.4, 0.5) is 0 Å². The summed E-state index contributed by atoms with van der Waals surface area (Å²) in [7, 11) is 0. The third-order valence-corrected chi connectivity index (χ3v) is 4.86. The number of ether oxygens (including phenoxy) is 1. The first-order chi connectivity index (χ1) is 9.26. The van der Waals surface area contributed by atoms with E-state index in [0.717, 1.165) is 25.4 Å². The van der Waals surface area contributed by atoms with Crippen LogP contribution in [0.2, 0.25) is 0 Å². The Morgan fingerprint density at radius 1 is 1.15 bits per heavy atom. The van der Waals surface area contributed by atoms with Crippen molar-refractivity contribution in [1.82, 2.24) is 4.90 Å². The Bertz CT molecular complexity index is 367. The van der Waals surface area contributed by atoms with E-state index in [4.69, 9.17) is 4.74 Å². The quantitative estimate of drug-likeness (QED) is 0.774. The van der Waals surface area contributed by atoms with Gasteiger partial charge >= 0.3 is 0 Å². The lowest BCUT2D eigenvalue weighted by atomic mass is 9.76. The summed E-state index contributed by atoms with van der Waals surface area (Å²) in [5.74, 6) is 0.987. The lowest BCUT2D eigenvalue weighted by Gasteiger charge is -2.51. The molecular weight excluding hydrogens is 248 g/mol. The zero-order chi connectivity index (χ0) is 15.0. The van der Waals surface area contributed by atoms with Crippen LogP contribution in [0.15, 0.2) is 0 Å². The van der Waals surface area contributed by atoms with E-state index in [0.29, 0.717) is 6.04 Å². The molecule has 0 aromatic heterocycles. The molecule has 0 radical (unpaired) electrons. The molecular formula is C17H30N2O. The first-order valence-corrected chi connectivity index (χ1v) is 8.10. The van der Waals surface area contributed by atoms with Crippen molar-refractivity contribution in [2.75, 3.05) is 13.1 Å². The molecule has 0 amide bonds. The second kappa shape index (κ2) is 5.66. The van der Waals surface area contributed by atoms with Crippen LogP contribution in [0.5, 0.6) is 0 Å². The molecule has 114 valence electrons. The molecule has 0 bridgehead atoms. The van der Waals surface area contributed by atoms with Crippen molar-refractivity contribution in [3.8, 4) is 6.07 Å². The van der Waals surface area contributed by atoms with Crippen molar-refractivity contribution in [3.05, 3.63) is 0 Å². The van der Waals surface area contributed by atoms with E-state index in [1.54, 1.807) is 0 Å². The normalized spacial score (nSPS) is 37.3. The van der Waals surface area contributed by atoms with Crippen LogP contribution < -0.4 is 0 Å². The van der Waals surface area contributed by atoms with Gasteiger partial charge in [0.15, 0.2) is 0 Å². The molecule has 2 rings (SSSR count). The van der Waals surface area contributed by atoms with E-state index in [2.05, 4.69) is 45.6 Å². The number of hydrogen-bond acceptors (Lipinski definition) is 3. The third kappa shape index (κ3) is 3.54. The van der Waals surface area contributed by atoms with Crippen molar-refractivity contribution < 1.29 is 4.74 Å². The van der Waals surface area contributed by atoms with Gasteiger partial charge in [-0.2, -0.15) is 5.26 Å². The van der Waals surface area contributed by atoms with Crippen LogP contribution in [0, 0.1) is 23.2 Å². The van der Waals surface area contributed by atoms with Gasteiger partial charge in [-0.3, -0.25) is 4.90 Å². The van der Waals surface area contributed by atoms with E-state index < -0.39 is 0 Å². The number of rotatable bonds is 2. The average Bonchev–Trinajstić information content (AvgIpc) is 2.34. The van der Waals surface area contributed by atoms with Crippen LogP contribution in [-0.4, -0.2) is 35.2 Å². The molecule has 1 heterocycles. The molecule has 0 N–H and O–H groups in total. The maximum atomic E-state index is 9.50. The topological polar surface area (TPSA) is 36.3 Å². The Morgan fingerprint density at radius 3 is 2.25 bits per heavy atom. The molecule has 2 aliphatic rings. The second-order valence-corrected chi connectivity index (χ2v) is 7.92. The van der Waals surface area contributed by atoms with Gasteiger partial charge in [0, 0.05) is 19.1 Å². The summed E-state index contributed by atoms with van der Waals surface area (Å²) < 4.78 is 6.18. The van der Waals surface area contributed by atoms with Gasteiger partial charge in [-0.1, -0.05) is 13.3 Å². The van der Waals surface area contributed by atoms with Gasteiger partial charge in [-0.05, 0) is 52.9 Å². The molecule has 0 spiro atoms. The lowest BCUT2D eigenvalue weighted by molar-refractivity contribution is -0.192. The molecule has 20 heavy (non-hydrogen) atoms. The predicted octanol–water partition coefficient (Wildman–Crippen LogP) is 3.59. The number of hydrogen-bond donors (Lipinski definition) is 0. The summed E-state index contributed by atoms with van der Waals surface area (Å²) in [6, 6.07) is 2.99. The van der Waals surface area contributed by atoms with Gasteiger partial charge < -0.3 is 4.74 Å². The highest BCUT2D eigenvalue weighted by Gasteiger charge is 2.43. The number of nitrogens with zero attached hydrogens (tertiary/aromatic N) is 2. The first kappa shape index (κ1) is 15.8. The highest BCUT2D eigenvalue weighted by molar-refractivity contribution is 5.01. The Kier molecular flexibility index (Phi) is 4.47. The zero-order valence-corrected chi connectivity index (χ0v) is 13.8. The molecule has 3 nitrogen and oxygen atoms in total. The average molecular weight is 278 g/mol. The van der Waals surface area contributed by atoms with E-state index in [-0.39, 0.29) is 17.1 Å². The zero-order valence-electron chi connectivity index (χ0n) is 13.8. The van der Waals surface area contributed by atoms with E-state index >= 15 is 0 Å². The molecule has 1 aliphatic heterocycles. The van der Waals surface area contributed by atoms with Gasteiger partial charge in [0.05, 0.1) is 23.2 Å². The fraction of sp³-hybridized carbons (Fsp3) is 0.941. The molecule has 3 unspecified atom stereocenters. The van der Waals surface area contributed by atoms with Gasteiger partial charge in [0.1, 0.15) is 0 Å². The fourth-order valence-electron chi connectivity index (χ4n) is 4.24. The van der Waals surface area contributed by atoms with Crippen LogP contribution in [0.25, 0.3) is 0 Å². The molecule has 0 aromatic carbocycles. The molecule has 1 saturated carbocycles. The van der Waals surface area contributed by atoms with Gasteiger partial charge in [-0.15, -0.1) is 0 Å². The highest BCUT2D eigenvalue weighted by atomic mass is 16.5. The highest BCUT2D eigenvalue weighted by Crippen LogP contribution is 2.38. The Morgan fingerprint density at radius 2 is 1.75 bits per heavy atom. The first-order valence-electron chi connectivity index (χ1n) is 8.10.